The molecule has 4 aromatic carbocycles. The summed E-state index contributed by atoms with van der Waals surface area (Å²) in [5, 5.41) is 4.75. The number of carbonyl (C=O) groups excluding carboxylic acids is 2. The second-order valence-corrected chi connectivity index (χ2v) is 10.1. The molecule has 0 aliphatic carbocycles. The maximum absolute atomic E-state index is 13.6. The molecule has 6 rings (SSSR count). The summed E-state index contributed by atoms with van der Waals surface area (Å²) in [5.41, 5.74) is 6.27. The predicted molar refractivity (Wildman–Crippen MR) is 168 cm³/mol. The molecule has 0 saturated heterocycles. The molecule has 0 saturated carbocycles. The minimum atomic E-state index is -0.473. The summed E-state index contributed by atoms with van der Waals surface area (Å²) in [7, 11) is 0. The maximum Gasteiger partial charge on any atom is 0.280 e. The minimum absolute atomic E-state index is 0.189. The summed E-state index contributed by atoms with van der Waals surface area (Å²) in [5.74, 6) is -0.236. The molecule has 0 radical (unpaired) electrons. The van der Waals surface area contributed by atoms with Gasteiger partial charge in [-0.1, -0.05) is 74.5 Å². The van der Waals surface area contributed by atoms with Crippen molar-refractivity contribution >= 4 is 34.1 Å². The van der Waals surface area contributed by atoms with Gasteiger partial charge in [-0.3, -0.25) is 28.8 Å². The minimum Gasteiger partial charge on any atom is -0.293 e. The monoisotopic (exact) mass is 570 g/mol. The summed E-state index contributed by atoms with van der Waals surface area (Å²) >= 11 is 0. The number of anilines is 1. The van der Waals surface area contributed by atoms with Crippen LogP contribution in [0.15, 0.2) is 113 Å². The Kier molecular flexibility index (Phi) is 7.63. The first-order valence-electron chi connectivity index (χ1n) is 14.2. The van der Waals surface area contributed by atoms with Crippen molar-refractivity contribution in [3.8, 4) is 17.1 Å². The van der Waals surface area contributed by atoms with Gasteiger partial charge in [0.1, 0.15) is 5.82 Å². The summed E-state index contributed by atoms with van der Waals surface area (Å²) in [4.78, 5) is 48.7. The molecule has 1 N–H and O–H groups in total. The van der Waals surface area contributed by atoms with Gasteiger partial charge in [-0.2, -0.15) is 5.10 Å². The zero-order chi connectivity index (χ0) is 29.9. The van der Waals surface area contributed by atoms with Crippen molar-refractivity contribution in [3.05, 3.63) is 125 Å². The molecule has 1 aromatic heterocycles. The van der Waals surface area contributed by atoms with Gasteiger partial charge in [0.05, 0.1) is 28.9 Å². The van der Waals surface area contributed by atoms with E-state index in [9.17, 15) is 14.4 Å². The number of para-hydroxylation sites is 2. The van der Waals surface area contributed by atoms with Crippen molar-refractivity contribution in [2.24, 2.45) is 5.10 Å². The van der Waals surface area contributed by atoms with E-state index in [1.807, 2.05) is 86.6 Å². The molecule has 5 aromatic rings. The van der Waals surface area contributed by atoms with Crippen molar-refractivity contribution in [1.82, 2.24) is 19.9 Å². The van der Waals surface area contributed by atoms with E-state index in [0.717, 1.165) is 24.3 Å². The number of hydrazone groups is 1. The topological polar surface area (TPSA) is 99.9 Å². The highest BCUT2D eigenvalue weighted by Crippen LogP contribution is 2.29. The third kappa shape index (κ3) is 5.22. The van der Waals surface area contributed by atoms with Gasteiger partial charge in [-0.25, -0.2) is 10.4 Å². The van der Waals surface area contributed by atoms with Gasteiger partial charge in [0.2, 0.25) is 0 Å². The largest absolute Gasteiger partial charge is 0.293 e. The first-order chi connectivity index (χ1) is 21.0. The Labute approximate surface area is 248 Å². The van der Waals surface area contributed by atoms with Crippen LogP contribution in [0.4, 0.5) is 5.69 Å². The van der Waals surface area contributed by atoms with Gasteiger partial charge >= 0.3 is 0 Å². The summed E-state index contributed by atoms with van der Waals surface area (Å²) in [6.45, 7) is 6.13. The molecule has 0 spiro atoms. The van der Waals surface area contributed by atoms with E-state index in [0.29, 0.717) is 40.2 Å². The molecule has 1 aliphatic heterocycles. The number of amides is 2. The van der Waals surface area contributed by atoms with Crippen LogP contribution in [0.5, 0.6) is 0 Å². The Morgan fingerprint density at radius 1 is 0.837 bits per heavy atom. The Hall–Kier alpha value is -5.41. The molecular formula is C34H30N6O3. The Bertz CT molecular complexity index is 1910. The zero-order valence-electron chi connectivity index (χ0n) is 23.9. The van der Waals surface area contributed by atoms with Crippen LogP contribution in [-0.4, -0.2) is 51.7 Å². The third-order valence-corrected chi connectivity index (χ3v) is 7.60. The highest BCUT2D eigenvalue weighted by Gasteiger charge is 2.34. The van der Waals surface area contributed by atoms with Gasteiger partial charge in [0, 0.05) is 16.7 Å². The van der Waals surface area contributed by atoms with Crippen molar-refractivity contribution in [2.45, 2.75) is 13.8 Å². The van der Waals surface area contributed by atoms with Crippen LogP contribution in [0.1, 0.15) is 29.8 Å². The van der Waals surface area contributed by atoms with Crippen LogP contribution >= 0.6 is 0 Å². The quantitative estimate of drug-likeness (QED) is 0.270. The SMILES string of the molecule is CCN(CC)CN1C(=O)/C(=N\NC(=O)c2ccc(-n3c(-c4ccccc4)nc4ccccc4c3=O)cc2)c2ccccc21. The number of carbonyl (C=O) groups is 2. The number of fused-ring (bicyclic) bond motifs is 2. The van der Waals surface area contributed by atoms with E-state index in [4.69, 9.17) is 4.98 Å². The lowest BCUT2D eigenvalue weighted by atomic mass is 10.1. The Balaban J connectivity index is 1.29. The second-order valence-electron chi connectivity index (χ2n) is 10.1. The fourth-order valence-corrected chi connectivity index (χ4v) is 5.22. The number of hydrogen-bond acceptors (Lipinski definition) is 6. The van der Waals surface area contributed by atoms with E-state index in [1.54, 1.807) is 39.8 Å². The van der Waals surface area contributed by atoms with Gasteiger partial charge in [-0.05, 0) is 55.6 Å². The van der Waals surface area contributed by atoms with Crippen LogP contribution in [-0.2, 0) is 4.79 Å². The molecule has 9 heteroatoms. The second kappa shape index (κ2) is 11.8. The number of benzene rings is 4. The van der Waals surface area contributed by atoms with E-state index in [2.05, 4.69) is 15.4 Å². The predicted octanol–water partition coefficient (Wildman–Crippen LogP) is 4.83. The summed E-state index contributed by atoms with van der Waals surface area (Å²) in [6.07, 6.45) is 0. The number of hydrogen-bond donors (Lipinski definition) is 1. The number of nitrogens with one attached hydrogen (secondary N) is 1. The highest BCUT2D eigenvalue weighted by atomic mass is 16.2. The van der Waals surface area contributed by atoms with E-state index in [1.165, 1.54) is 0 Å². The van der Waals surface area contributed by atoms with Crippen molar-refractivity contribution in [1.29, 1.82) is 0 Å². The zero-order valence-corrected chi connectivity index (χ0v) is 23.9. The van der Waals surface area contributed by atoms with Crippen molar-refractivity contribution < 1.29 is 9.59 Å². The number of rotatable bonds is 8. The molecule has 214 valence electrons. The smallest absolute Gasteiger partial charge is 0.280 e. The first kappa shape index (κ1) is 27.7. The number of aromatic nitrogens is 2. The lowest BCUT2D eigenvalue weighted by Crippen LogP contribution is -2.41. The lowest BCUT2D eigenvalue weighted by Gasteiger charge is -2.25. The standard InChI is InChI=1S/C34H30N6O3/c1-3-38(4-2)22-39-29-17-11-9-15-27(29)30(34(39)43)36-37-32(41)24-18-20-25(21-19-24)40-31(23-12-6-5-7-13-23)35-28-16-10-8-14-26(28)33(40)42/h5-21H,3-4,22H2,1-2H3,(H,37,41)/b36-30-. The maximum atomic E-state index is 13.6. The summed E-state index contributed by atoms with van der Waals surface area (Å²) in [6, 6.07) is 30.8. The molecule has 2 heterocycles. The molecule has 0 atom stereocenters. The van der Waals surface area contributed by atoms with E-state index >= 15 is 0 Å². The van der Waals surface area contributed by atoms with Crippen LogP contribution in [0.2, 0.25) is 0 Å². The summed E-state index contributed by atoms with van der Waals surface area (Å²) < 4.78 is 1.55. The van der Waals surface area contributed by atoms with Crippen molar-refractivity contribution in [3.63, 3.8) is 0 Å². The molecule has 9 nitrogen and oxygen atoms in total. The molecular weight excluding hydrogens is 540 g/mol. The van der Waals surface area contributed by atoms with Crippen LogP contribution in [0.3, 0.4) is 0 Å². The Morgan fingerprint density at radius 2 is 1.51 bits per heavy atom. The van der Waals surface area contributed by atoms with Crippen LogP contribution < -0.4 is 15.9 Å². The van der Waals surface area contributed by atoms with Crippen molar-refractivity contribution in [2.75, 3.05) is 24.7 Å². The Morgan fingerprint density at radius 3 is 2.26 bits per heavy atom. The highest BCUT2D eigenvalue weighted by molar-refractivity contribution is 6.54. The van der Waals surface area contributed by atoms with Crippen LogP contribution in [0.25, 0.3) is 28.0 Å². The average Bonchev–Trinajstić information content (AvgIpc) is 3.32. The molecule has 2 amide bonds. The van der Waals surface area contributed by atoms with Crippen LogP contribution in [0, 0.1) is 0 Å². The van der Waals surface area contributed by atoms with Gasteiger partial charge in [0.25, 0.3) is 17.4 Å². The molecule has 43 heavy (non-hydrogen) atoms. The van der Waals surface area contributed by atoms with E-state index < -0.39 is 5.91 Å². The molecule has 1 aliphatic rings. The normalized spacial score (nSPS) is 13.6. The molecule has 0 bridgehead atoms. The third-order valence-electron chi connectivity index (χ3n) is 7.60. The fraction of sp³-hybridized carbons (Fsp3) is 0.147. The lowest BCUT2D eigenvalue weighted by molar-refractivity contribution is -0.112. The number of nitrogens with zero attached hydrogens (tertiary/aromatic N) is 5. The molecule has 0 fully saturated rings. The fourth-order valence-electron chi connectivity index (χ4n) is 5.22. The van der Waals surface area contributed by atoms with Gasteiger partial charge in [-0.15, -0.1) is 0 Å². The molecule has 0 unspecified atom stereocenters. The van der Waals surface area contributed by atoms with Gasteiger partial charge in [0.15, 0.2) is 5.71 Å². The van der Waals surface area contributed by atoms with E-state index in [-0.39, 0.29) is 17.2 Å². The average molecular weight is 571 g/mol. The van der Waals surface area contributed by atoms with Gasteiger partial charge < -0.3 is 0 Å². The first-order valence-corrected chi connectivity index (χ1v) is 14.2.